The molecule has 40 heavy (non-hydrogen) atoms. The highest BCUT2D eigenvalue weighted by Gasteiger charge is 2.20. The number of amides is 1. The van der Waals surface area contributed by atoms with Gasteiger partial charge in [-0.3, -0.25) is 9.48 Å². The molecule has 1 aliphatic heterocycles. The molecule has 1 aliphatic rings. The molecule has 10 nitrogen and oxygen atoms in total. The van der Waals surface area contributed by atoms with Gasteiger partial charge in [-0.05, 0) is 45.5 Å². The molecule has 2 aromatic heterocycles. The number of aromatic nitrogens is 4. The van der Waals surface area contributed by atoms with Crippen molar-refractivity contribution in [3.8, 4) is 17.0 Å². The van der Waals surface area contributed by atoms with Gasteiger partial charge in [0, 0.05) is 56.3 Å². The third-order valence-corrected chi connectivity index (χ3v) is 6.41. The van der Waals surface area contributed by atoms with Crippen LogP contribution < -0.4 is 20.3 Å². The number of likely N-dealkylation sites (N-methyl/N-ethyl adjacent to an activating group) is 2. The largest absolute Gasteiger partial charge is 0.433 e. The van der Waals surface area contributed by atoms with Gasteiger partial charge in [-0.25, -0.2) is 9.97 Å². The maximum Gasteiger partial charge on any atom is 0.387 e. The van der Waals surface area contributed by atoms with Crippen LogP contribution in [0.1, 0.15) is 18.5 Å². The average Bonchev–Trinajstić information content (AvgIpc) is 3.36. The van der Waals surface area contributed by atoms with Crippen molar-refractivity contribution in [2.75, 3.05) is 49.8 Å². The first kappa shape index (κ1) is 28.7. The zero-order valence-electron chi connectivity index (χ0n) is 22.9. The number of hydrogen-bond donors (Lipinski definition) is 2. The minimum Gasteiger partial charge on any atom is -0.433 e. The van der Waals surface area contributed by atoms with Crippen molar-refractivity contribution in [3.63, 3.8) is 0 Å². The Labute approximate surface area is 232 Å². The summed E-state index contributed by atoms with van der Waals surface area (Å²) in [5, 5.41) is 10.3. The first-order valence-corrected chi connectivity index (χ1v) is 13.0. The molecule has 0 unspecified atom stereocenters. The van der Waals surface area contributed by atoms with Gasteiger partial charge in [0.25, 0.3) is 0 Å². The van der Waals surface area contributed by atoms with E-state index in [9.17, 15) is 13.6 Å². The van der Waals surface area contributed by atoms with Crippen LogP contribution in [-0.4, -0.2) is 71.4 Å². The van der Waals surface area contributed by atoms with E-state index in [0.29, 0.717) is 30.2 Å². The Kier molecular flexibility index (Phi) is 9.43. The van der Waals surface area contributed by atoms with E-state index in [-0.39, 0.29) is 17.4 Å². The lowest BCUT2D eigenvalue weighted by molar-refractivity contribution is -0.111. The second-order valence-electron chi connectivity index (χ2n) is 9.63. The zero-order valence-corrected chi connectivity index (χ0v) is 22.9. The van der Waals surface area contributed by atoms with E-state index < -0.39 is 12.5 Å². The fourth-order valence-electron chi connectivity index (χ4n) is 4.40. The van der Waals surface area contributed by atoms with E-state index >= 15 is 0 Å². The number of allylic oxidation sites excluding steroid dienone is 2. The predicted octanol–water partition coefficient (Wildman–Crippen LogP) is 4.70. The van der Waals surface area contributed by atoms with Crippen LogP contribution in [-0.2, 0) is 17.8 Å². The number of fused-ring (bicyclic) bond motifs is 1. The molecule has 0 radical (unpaired) electrons. The summed E-state index contributed by atoms with van der Waals surface area (Å²) in [5.74, 6) is -0.331. The van der Waals surface area contributed by atoms with Crippen molar-refractivity contribution in [2.45, 2.75) is 32.4 Å². The molecule has 1 aromatic carbocycles. The van der Waals surface area contributed by atoms with Gasteiger partial charge in [0.2, 0.25) is 11.9 Å². The van der Waals surface area contributed by atoms with Gasteiger partial charge in [-0.1, -0.05) is 18.7 Å². The normalized spacial score (nSPS) is 13.0. The van der Waals surface area contributed by atoms with Gasteiger partial charge in [-0.15, -0.1) is 0 Å². The number of carbonyl (C=O) groups excluding carboxylic acids is 1. The van der Waals surface area contributed by atoms with E-state index in [2.05, 4.69) is 32.3 Å². The molecule has 4 rings (SSSR count). The first-order valence-electron chi connectivity index (χ1n) is 13.0. The average molecular weight is 553 g/mol. The summed E-state index contributed by atoms with van der Waals surface area (Å²) in [6.45, 7) is 2.65. The van der Waals surface area contributed by atoms with E-state index in [1.165, 1.54) is 30.4 Å². The maximum atomic E-state index is 13.5. The molecule has 3 aromatic rings. The molecule has 212 valence electrons. The van der Waals surface area contributed by atoms with Gasteiger partial charge < -0.3 is 25.2 Å². The van der Waals surface area contributed by atoms with Crippen LogP contribution in [0.25, 0.3) is 11.3 Å². The molecule has 1 amide bonds. The van der Waals surface area contributed by atoms with E-state index in [4.69, 9.17) is 4.74 Å². The molecule has 0 fully saturated rings. The summed E-state index contributed by atoms with van der Waals surface area (Å²) in [7, 11) is 5.68. The Morgan fingerprint density at radius 1 is 1.23 bits per heavy atom. The summed E-state index contributed by atoms with van der Waals surface area (Å²) in [6.07, 6.45) is 10.8. The highest BCUT2D eigenvalue weighted by atomic mass is 19.3. The van der Waals surface area contributed by atoms with Crippen LogP contribution in [0, 0.1) is 0 Å². The Hall–Kier alpha value is -4.32. The number of hydrogen-bond acceptors (Lipinski definition) is 8. The summed E-state index contributed by atoms with van der Waals surface area (Å²) >= 11 is 0. The molecular weight excluding hydrogens is 518 g/mol. The molecular formula is C28H34F2N8O2. The number of carbonyl (C=O) groups is 1. The number of alkyl halides is 2. The monoisotopic (exact) mass is 552 g/mol. The molecule has 0 saturated heterocycles. The Morgan fingerprint density at radius 3 is 2.80 bits per heavy atom. The number of halogens is 2. The second kappa shape index (κ2) is 13.2. The third-order valence-electron chi connectivity index (χ3n) is 6.41. The Bertz CT molecular complexity index is 1370. The summed E-state index contributed by atoms with van der Waals surface area (Å²) in [4.78, 5) is 25.3. The number of aryl methyl sites for hydroxylation is 1. The van der Waals surface area contributed by atoms with Crippen LogP contribution >= 0.6 is 0 Å². The maximum absolute atomic E-state index is 13.5. The summed E-state index contributed by atoms with van der Waals surface area (Å²) in [5.41, 5.74) is 3.76. The zero-order chi connectivity index (χ0) is 28.6. The topological polar surface area (TPSA) is 100 Å². The quantitative estimate of drug-likeness (QED) is 0.246. The second-order valence-corrected chi connectivity index (χ2v) is 9.63. The van der Waals surface area contributed by atoms with Crippen LogP contribution in [0.4, 0.5) is 31.8 Å². The molecule has 0 bridgehead atoms. The van der Waals surface area contributed by atoms with Crippen LogP contribution in [0.15, 0.2) is 55.4 Å². The number of benzene rings is 1. The lowest BCUT2D eigenvalue weighted by Gasteiger charge is -2.26. The van der Waals surface area contributed by atoms with Crippen molar-refractivity contribution in [3.05, 3.63) is 61.1 Å². The minimum absolute atomic E-state index is 0.113. The molecule has 0 saturated carbocycles. The highest BCUT2D eigenvalue weighted by molar-refractivity contribution is 6.02. The predicted molar refractivity (Wildman–Crippen MR) is 152 cm³/mol. The van der Waals surface area contributed by atoms with Gasteiger partial charge in [0.05, 0.1) is 29.0 Å². The smallest absolute Gasteiger partial charge is 0.387 e. The van der Waals surface area contributed by atoms with E-state index in [1.807, 2.05) is 35.6 Å². The Morgan fingerprint density at radius 2 is 2.05 bits per heavy atom. The summed E-state index contributed by atoms with van der Waals surface area (Å²) in [6, 6.07) is 4.79. The SMILES string of the molecule is C=C/C=C/C(=O)Nc1cc(Nc2nccc(-c3cnn4c3CCCC4)n2)c(OC(F)F)cc1N(C)CCN(C)C. The molecule has 0 aliphatic carbocycles. The van der Waals surface area contributed by atoms with Crippen molar-refractivity contribution >= 4 is 28.9 Å². The molecule has 0 spiro atoms. The number of nitrogens with one attached hydrogen (secondary N) is 2. The van der Waals surface area contributed by atoms with E-state index in [1.54, 1.807) is 18.5 Å². The lowest BCUT2D eigenvalue weighted by atomic mass is 10.0. The van der Waals surface area contributed by atoms with Crippen molar-refractivity contribution in [1.29, 1.82) is 0 Å². The van der Waals surface area contributed by atoms with Crippen molar-refractivity contribution in [1.82, 2.24) is 24.6 Å². The van der Waals surface area contributed by atoms with Crippen molar-refractivity contribution < 1.29 is 18.3 Å². The van der Waals surface area contributed by atoms with Gasteiger partial charge in [0.15, 0.2) is 5.75 Å². The standard InChI is InChI=1S/C28H34F2N8O2/c1-5-6-10-26(39)33-21-16-22(25(40-27(29)30)17-24(21)37(4)15-14-36(2)3)35-28-31-12-11-20(34-28)19-18-32-38-13-8-7-9-23(19)38/h5-6,10-12,16-18,27H,1,7-9,13-15H2,2-4H3,(H,33,39)(H,31,34,35)/b10-6+. The lowest BCUT2D eigenvalue weighted by Crippen LogP contribution is -2.29. The first-order chi connectivity index (χ1) is 19.2. The number of ether oxygens (including phenoxy) is 1. The van der Waals surface area contributed by atoms with Crippen LogP contribution in [0.3, 0.4) is 0 Å². The number of nitrogens with zero attached hydrogens (tertiary/aromatic N) is 6. The molecule has 12 heteroatoms. The summed E-state index contributed by atoms with van der Waals surface area (Å²) < 4.78 is 33.9. The van der Waals surface area contributed by atoms with Crippen LogP contribution in [0.5, 0.6) is 5.75 Å². The highest BCUT2D eigenvalue weighted by Crippen LogP contribution is 2.39. The molecule has 0 atom stereocenters. The third kappa shape index (κ3) is 7.20. The molecule has 3 heterocycles. The van der Waals surface area contributed by atoms with Gasteiger partial charge in [-0.2, -0.15) is 13.9 Å². The fraction of sp³-hybridized carbons (Fsp3) is 0.357. The Balaban J connectivity index is 1.71. The molecule has 2 N–H and O–H groups in total. The fourth-order valence-corrected chi connectivity index (χ4v) is 4.40. The number of rotatable bonds is 12. The minimum atomic E-state index is -3.07. The van der Waals surface area contributed by atoms with Gasteiger partial charge in [0.1, 0.15) is 0 Å². The number of anilines is 4. The van der Waals surface area contributed by atoms with E-state index in [0.717, 1.165) is 37.1 Å². The van der Waals surface area contributed by atoms with Gasteiger partial charge >= 0.3 is 6.61 Å². The van der Waals surface area contributed by atoms with Crippen LogP contribution in [0.2, 0.25) is 0 Å². The van der Waals surface area contributed by atoms with Crippen molar-refractivity contribution in [2.24, 2.45) is 0 Å².